The second-order valence-corrected chi connectivity index (χ2v) is 13.9. The van der Waals surface area contributed by atoms with E-state index in [4.69, 9.17) is 4.74 Å². The van der Waals surface area contributed by atoms with E-state index in [9.17, 15) is 14.0 Å². The first-order valence-corrected chi connectivity index (χ1v) is 17.6. The highest BCUT2D eigenvalue weighted by molar-refractivity contribution is 5.96. The zero-order valence-electron chi connectivity index (χ0n) is 28.7. The molecule has 4 N–H and O–H groups in total. The maximum absolute atomic E-state index is 14.3. The predicted molar refractivity (Wildman–Crippen MR) is 189 cm³/mol. The quantitative estimate of drug-likeness (QED) is 0.222. The third-order valence-corrected chi connectivity index (χ3v) is 9.61. The molecule has 6 rings (SSSR count). The number of carbonyl (C=O) groups is 2. The van der Waals surface area contributed by atoms with Gasteiger partial charge in [0.15, 0.2) is 0 Å². The number of hydrazone groups is 1. The highest BCUT2D eigenvalue weighted by Crippen LogP contribution is 2.29. The van der Waals surface area contributed by atoms with Gasteiger partial charge in [0.2, 0.25) is 11.8 Å². The van der Waals surface area contributed by atoms with Crippen LogP contribution in [0, 0.1) is 5.82 Å². The molecular weight excluding hydrogens is 621 g/mol. The van der Waals surface area contributed by atoms with E-state index >= 15 is 0 Å². The number of ether oxygens (including phenoxy) is 1. The van der Waals surface area contributed by atoms with E-state index < -0.39 is 11.7 Å². The first-order valence-electron chi connectivity index (χ1n) is 17.6. The SMILES string of the molecule is CC1=NNC(C(=O)N[C@H]2CC[C@@H](NC(=O)c3cc(F)cnc3Oc3cccc(-c4ccc(CCCN5C[C@@H](C)N[C@@H](C)C5)cc4)c3)CC2)C1. The van der Waals surface area contributed by atoms with Crippen molar-refractivity contribution in [3.63, 3.8) is 0 Å². The Labute approximate surface area is 288 Å². The Kier molecular flexibility index (Phi) is 11.2. The Bertz CT molecular complexity index is 1630. The molecule has 1 aromatic heterocycles. The summed E-state index contributed by atoms with van der Waals surface area (Å²) in [6, 6.07) is 18.0. The van der Waals surface area contributed by atoms with Crippen LogP contribution in [-0.4, -0.2) is 77.3 Å². The zero-order chi connectivity index (χ0) is 34.3. The number of rotatable bonds is 11. The monoisotopic (exact) mass is 669 g/mol. The number of carbonyl (C=O) groups excluding carboxylic acids is 2. The molecule has 0 spiro atoms. The number of benzene rings is 2. The van der Waals surface area contributed by atoms with E-state index in [1.54, 1.807) is 6.07 Å². The maximum Gasteiger partial charge on any atom is 0.257 e. The van der Waals surface area contributed by atoms with Crippen molar-refractivity contribution in [2.24, 2.45) is 5.10 Å². The van der Waals surface area contributed by atoms with Gasteiger partial charge in [-0.15, -0.1) is 0 Å². The number of hydrogen-bond acceptors (Lipinski definition) is 8. The lowest BCUT2D eigenvalue weighted by molar-refractivity contribution is -0.123. The highest BCUT2D eigenvalue weighted by Gasteiger charge is 2.29. The van der Waals surface area contributed by atoms with Crippen molar-refractivity contribution in [2.75, 3.05) is 19.6 Å². The molecule has 260 valence electrons. The lowest BCUT2D eigenvalue weighted by Gasteiger charge is -2.36. The van der Waals surface area contributed by atoms with Crippen LogP contribution in [0.4, 0.5) is 4.39 Å². The summed E-state index contributed by atoms with van der Waals surface area (Å²) in [4.78, 5) is 32.6. The summed E-state index contributed by atoms with van der Waals surface area (Å²) in [5.41, 5.74) is 7.16. The summed E-state index contributed by atoms with van der Waals surface area (Å²) in [6.07, 6.45) is 6.67. The summed E-state index contributed by atoms with van der Waals surface area (Å²) >= 11 is 0. The predicted octanol–water partition coefficient (Wildman–Crippen LogP) is 5.19. The van der Waals surface area contributed by atoms with Crippen LogP contribution in [0.5, 0.6) is 11.6 Å². The number of nitrogens with one attached hydrogen (secondary N) is 4. The van der Waals surface area contributed by atoms with Gasteiger partial charge in [-0.2, -0.15) is 5.10 Å². The van der Waals surface area contributed by atoms with Gasteiger partial charge in [-0.3, -0.25) is 15.0 Å². The zero-order valence-corrected chi connectivity index (χ0v) is 28.7. The lowest BCUT2D eigenvalue weighted by atomic mass is 9.90. The Balaban J connectivity index is 1.02. The number of nitrogens with zero attached hydrogens (tertiary/aromatic N) is 3. The fraction of sp³-hybridized carbons (Fsp3) is 0.474. The minimum Gasteiger partial charge on any atom is -0.438 e. The molecule has 10 nitrogen and oxygen atoms in total. The van der Waals surface area contributed by atoms with E-state index in [-0.39, 0.29) is 35.5 Å². The average molecular weight is 670 g/mol. The van der Waals surface area contributed by atoms with E-state index in [1.165, 1.54) is 5.56 Å². The minimum atomic E-state index is -0.616. The number of hydrogen-bond donors (Lipinski definition) is 4. The number of piperazine rings is 1. The Morgan fingerprint density at radius 3 is 2.37 bits per heavy atom. The summed E-state index contributed by atoms with van der Waals surface area (Å²) in [5.74, 6) is -0.562. The molecule has 1 unspecified atom stereocenters. The smallest absolute Gasteiger partial charge is 0.257 e. The summed E-state index contributed by atoms with van der Waals surface area (Å²) in [5, 5.41) is 13.8. The summed E-state index contributed by atoms with van der Waals surface area (Å²) < 4.78 is 20.4. The molecule has 11 heteroatoms. The first kappa shape index (κ1) is 34.5. The van der Waals surface area contributed by atoms with Gasteiger partial charge in [-0.05, 0) is 101 Å². The Morgan fingerprint density at radius 1 is 0.959 bits per heavy atom. The van der Waals surface area contributed by atoms with Gasteiger partial charge >= 0.3 is 0 Å². The molecule has 3 atom stereocenters. The third kappa shape index (κ3) is 9.42. The van der Waals surface area contributed by atoms with Gasteiger partial charge in [0.05, 0.1) is 6.20 Å². The largest absolute Gasteiger partial charge is 0.438 e. The first-order chi connectivity index (χ1) is 23.7. The topological polar surface area (TPSA) is 120 Å². The summed E-state index contributed by atoms with van der Waals surface area (Å²) in [7, 11) is 0. The Hall–Kier alpha value is -4.35. The van der Waals surface area contributed by atoms with Gasteiger partial charge in [-0.1, -0.05) is 36.4 Å². The van der Waals surface area contributed by atoms with E-state index in [1.807, 2.05) is 25.1 Å². The van der Waals surface area contributed by atoms with E-state index in [2.05, 4.69) is 74.5 Å². The molecular formula is C38H48FN7O3. The number of amides is 2. The molecule has 1 saturated heterocycles. The number of pyridine rings is 1. The van der Waals surface area contributed by atoms with E-state index in [0.717, 1.165) is 74.4 Å². The van der Waals surface area contributed by atoms with Crippen LogP contribution in [0.25, 0.3) is 11.1 Å². The molecule has 2 aliphatic heterocycles. The van der Waals surface area contributed by atoms with Gasteiger partial charge in [0.1, 0.15) is 23.2 Å². The average Bonchev–Trinajstić information content (AvgIpc) is 3.53. The molecule has 2 amide bonds. The van der Waals surface area contributed by atoms with E-state index in [0.29, 0.717) is 37.1 Å². The van der Waals surface area contributed by atoms with Gasteiger partial charge in [0, 0.05) is 49.4 Å². The van der Waals surface area contributed by atoms with Crippen molar-refractivity contribution in [3.05, 3.63) is 77.7 Å². The van der Waals surface area contributed by atoms with Crippen LogP contribution in [0.2, 0.25) is 0 Å². The van der Waals surface area contributed by atoms with Gasteiger partial charge < -0.3 is 25.6 Å². The number of halogens is 1. The fourth-order valence-electron chi connectivity index (χ4n) is 7.19. The standard InChI is InChI=1S/C38H48FN7O3/c1-24-18-35(45-44-24)37(48)43-32-15-13-31(14-16-32)42-36(47)34-20-30(39)21-40-38(34)49-33-8-4-7-29(19-33)28-11-9-27(10-12-28)6-5-17-46-22-25(2)41-26(3)23-46/h4,7-12,19-21,25-26,31-32,35,41,45H,5-6,13-18,22-23H2,1-3H3,(H,42,47)(H,43,48)/t25-,26+,31-,32+,35?. The molecule has 3 aliphatic rings. The van der Waals surface area contributed by atoms with Crippen molar-refractivity contribution in [2.45, 2.75) is 95.9 Å². The lowest BCUT2D eigenvalue weighted by Crippen LogP contribution is -2.54. The minimum absolute atomic E-state index is 0.0389. The summed E-state index contributed by atoms with van der Waals surface area (Å²) in [6.45, 7) is 9.69. The Morgan fingerprint density at radius 2 is 1.67 bits per heavy atom. The van der Waals surface area contributed by atoms with Crippen molar-refractivity contribution >= 4 is 17.5 Å². The second-order valence-electron chi connectivity index (χ2n) is 13.9. The van der Waals surface area contributed by atoms with Crippen LogP contribution in [0.15, 0.2) is 65.9 Å². The van der Waals surface area contributed by atoms with Crippen LogP contribution in [0.3, 0.4) is 0 Å². The second kappa shape index (κ2) is 15.9. The molecule has 49 heavy (non-hydrogen) atoms. The van der Waals surface area contributed by atoms with Gasteiger partial charge in [-0.25, -0.2) is 9.37 Å². The van der Waals surface area contributed by atoms with Crippen molar-refractivity contribution in [1.29, 1.82) is 0 Å². The molecule has 3 heterocycles. The van der Waals surface area contributed by atoms with Gasteiger partial charge in [0.25, 0.3) is 5.91 Å². The normalized spacial score (nSPS) is 24.1. The number of aryl methyl sites for hydroxylation is 1. The fourth-order valence-corrected chi connectivity index (χ4v) is 7.19. The van der Waals surface area contributed by atoms with Crippen molar-refractivity contribution < 1.29 is 18.7 Å². The van der Waals surface area contributed by atoms with Crippen LogP contribution in [0.1, 0.15) is 75.2 Å². The van der Waals surface area contributed by atoms with Crippen molar-refractivity contribution in [1.82, 2.24) is 31.3 Å². The molecule has 2 aromatic carbocycles. The van der Waals surface area contributed by atoms with Crippen molar-refractivity contribution in [3.8, 4) is 22.8 Å². The highest BCUT2D eigenvalue weighted by atomic mass is 19.1. The molecule has 2 fully saturated rings. The molecule has 0 radical (unpaired) electrons. The van der Waals surface area contributed by atoms with Crippen LogP contribution in [-0.2, 0) is 11.2 Å². The number of aromatic nitrogens is 1. The molecule has 3 aromatic rings. The maximum atomic E-state index is 14.3. The van der Waals surface area contributed by atoms with Crippen LogP contribution >= 0.6 is 0 Å². The molecule has 1 saturated carbocycles. The van der Waals surface area contributed by atoms with Crippen LogP contribution < -0.4 is 26.1 Å². The third-order valence-electron chi connectivity index (χ3n) is 9.61. The molecule has 0 bridgehead atoms. The molecule has 1 aliphatic carbocycles.